The van der Waals surface area contributed by atoms with Gasteiger partial charge in [0.2, 0.25) is 29.6 Å². The molecule has 2 aliphatic rings. The molecule has 8 rings (SSSR count). The quantitative estimate of drug-likeness (QED) is 0.0638. The highest BCUT2D eigenvalue weighted by Gasteiger charge is 2.31. The molecule has 348 valence electrons. The summed E-state index contributed by atoms with van der Waals surface area (Å²) in [6.45, 7) is 10.5. The number of hydrogen-bond acceptors (Lipinski definition) is 13. The molecule has 0 aliphatic carbocycles. The molecule has 1 fully saturated rings. The minimum absolute atomic E-state index is 0.147. The lowest BCUT2D eigenvalue weighted by molar-refractivity contribution is -0.122. The number of benzene rings is 2. The number of nitrogens with two attached hydrogens (primary N) is 2. The molecule has 6 aromatic rings. The molecule has 4 aromatic heterocycles. The van der Waals surface area contributed by atoms with Crippen LogP contribution in [0.4, 0.5) is 11.9 Å². The van der Waals surface area contributed by atoms with Gasteiger partial charge in [0.15, 0.2) is 0 Å². The van der Waals surface area contributed by atoms with Gasteiger partial charge in [-0.15, -0.1) is 0 Å². The number of hydrogen-bond donors (Lipinski definition) is 6. The molecule has 0 unspecified atom stereocenters. The minimum Gasteiger partial charge on any atom is -0.491 e. The largest absolute Gasteiger partial charge is 0.491 e. The van der Waals surface area contributed by atoms with Crippen molar-refractivity contribution < 1.29 is 38.6 Å². The highest BCUT2D eigenvalue weighted by atomic mass is 16.5. The molecule has 1 saturated heterocycles. The number of aliphatic hydroxyl groups excluding tert-OH is 1. The zero-order valence-corrected chi connectivity index (χ0v) is 37.3. The van der Waals surface area contributed by atoms with Crippen LogP contribution in [0.5, 0.6) is 11.5 Å². The van der Waals surface area contributed by atoms with E-state index < -0.39 is 29.7 Å². The number of rotatable bonds is 19. The Balaban J connectivity index is 1.08. The van der Waals surface area contributed by atoms with E-state index >= 15 is 0 Å². The lowest BCUT2D eigenvalue weighted by Gasteiger charge is -2.27. The van der Waals surface area contributed by atoms with Gasteiger partial charge in [0.05, 0.1) is 47.7 Å². The fourth-order valence-corrected chi connectivity index (χ4v) is 8.61. The van der Waals surface area contributed by atoms with Crippen LogP contribution in [0, 0.1) is 13.8 Å². The second kappa shape index (κ2) is 19.0. The summed E-state index contributed by atoms with van der Waals surface area (Å²) in [4.78, 5) is 76.6. The Morgan fingerprint density at radius 3 is 2.08 bits per heavy atom. The van der Waals surface area contributed by atoms with Gasteiger partial charge in [0.1, 0.15) is 40.5 Å². The maximum Gasteiger partial charge on any atom is 0.276 e. The van der Waals surface area contributed by atoms with Crippen molar-refractivity contribution in [3.05, 3.63) is 70.3 Å². The summed E-state index contributed by atoms with van der Waals surface area (Å²) < 4.78 is 19.5. The minimum atomic E-state index is -0.701. The third-order valence-electron chi connectivity index (χ3n) is 11.7. The smallest absolute Gasteiger partial charge is 0.276 e. The predicted octanol–water partition coefficient (Wildman–Crippen LogP) is 2.50. The fraction of sp³-hybridized carbons (Fsp3) is 0.432. The molecule has 22 nitrogen and oxygen atoms in total. The number of ether oxygens (including phenoxy) is 2. The number of aliphatic hydroxyl groups is 1. The molecule has 66 heavy (non-hydrogen) atoms. The first-order valence-corrected chi connectivity index (χ1v) is 22.0. The van der Waals surface area contributed by atoms with Crippen LogP contribution < -0.4 is 36.9 Å². The number of anilines is 2. The molecule has 2 aromatic carbocycles. The van der Waals surface area contributed by atoms with E-state index in [4.69, 9.17) is 30.9 Å². The van der Waals surface area contributed by atoms with E-state index in [1.54, 1.807) is 46.6 Å². The number of likely N-dealkylation sites (tertiary alicyclic amines) is 1. The van der Waals surface area contributed by atoms with Crippen LogP contribution in [0.25, 0.3) is 22.1 Å². The zero-order valence-electron chi connectivity index (χ0n) is 37.3. The highest BCUT2D eigenvalue weighted by molar-refractivity contribution is 6.05. The second-order valence-electron chi connectivity index (χ2n) is 16.5. The lowest BCUT2D eigenvalue weighted by Crippen LogP contribution is -2.37. The number of fused-ring (bicyclic) bond motifs is 1. The average Bonchev–Trinajstić information content (AvgIpc) is 4.12. The van der Waals surface area contributed by atoms with E-state index in [-0.39, 0.29) is 61.3 Å². The first kappa shape index (κ1) is 45.2. The van der Waals surface area contributed by atoms with E-state index in [1.807, 2.05) is 34.8 Å². The van der Waals surface area contributed by atoms with E-state index in [2.05, 4.69) is 26.1 Å². The number of nitrogens with zero attached hydrogens (tertiary/aromatic N) is 9. The molecule has 2 aliphatic heterocycles. The van der Waals surface area contributed by atoms with E-state index in [0.717, 1.165) is 0 Å². The van der Waals surface area contributed by atoms with Crippen molar-refractivity contribution in [1.82, 2.24) is 48.9 Å². The first-order valence-electron chi connectivity index (χ1n) is 22.0. The van der Waals surface area contributed by atoms with Crippen LogP contribution in [0.3, 0.4) is 0 Å². The Morgan fingerprint density at radius 1 is 0.833 bits per heavy atom. The van der Waals surface area contributed by atoms with Crippen molar-refractivity contribution in [2.45, 2.75) is 85.2 Å². The average molecular weight is 907 g/mol. The summed E-state index contributed by atoms with van der Waals surface area (Å²) in [5.41, 5.74) is 15.7. The second-order valence-corrected chi connectivity index (χ2v) is 16.5. The van der Waals surface area contributed by atoms with Crippen molar-refractivity contribution in [3.63, 3.8) is 0 Å². The standard InChI is InChI=1S/C44H54N14O8/c1-5-56-32(15-24(3)52-56)41(63)50-43-48-30-17-26(39(45)61)19-34(65-14-8-11-47-36(60)22-54-13-10-29(59)21-54)37(30)55(43)12-7-9-28-23-66-35-20-27(40(46)62)18-31-38(35)58(28)44(49-31)51-42(64)33-16-25(4)53-57(33)6-2/h15-20,28-29,59H,5-14,21-23H2,1-4H3,(H2,45,61)(H2,46,62)(H,47,60)(H,48,50,63)(H,49,51,64)/t28-,29-/m0/s1. The van der Waals surface area contributed by atoms with Crippen molar-refractivity contribution >= 4 is 63.5 Å². The normalized spacial score (nSPS) is 15.8. The van der Waals surface area contributed by atoms with Gasteiger partial charge in [-0.1, -0.05) is 0 Å². The van der Waals surface area contributed by atoms with Gasteiger partial charge >= 0.3 is 0 Å². The molecule has 0 bridgehead atoms. The summed E-state index contributed by atoms with van der Waals surface area (Å²) in [5, 5.41) is 27.5. The van der Waals surface area contributed by atoms with Crippen LogP contribution in [-0.2, 0) is 24.4 Å². The third kappa shape index (κ3) is 9.40. The van der Waals surface area contributed by atoms with Gasteiger partial charge in [0.25, 0.3) is 11.8 Å². The van der Waals surface area contributed by atoms with Crippen LogP contribution in [0.15, 0.2) is 36.4 Å². The van der Waals surface area contributed by atoms with Crippen molar-refractivity contribution in [2.24, 2.45) is 11.5 Å². The van der Waals surface area contributed by atoms with Crippen LogP contribution in [0.1, 0.15) is 98.7 Å². The molecular formula is C44H54N14O8. The lowest BCUT2D eigenvalue weighted by atomic mass is 10.1. The number of carbonyl (C=O) groups is 5. The number of imidazole rings is 2. The van der Waals surface area contributed by atoms with Crippen molar-refractivity contribution in [3.8, 4) is 11.5 Å². The molecule has 5 amide bonds. The van der Waals surface area contributed by atoms with Crippen molar-refractivity contribution in [1.29, 1.82) is 0 Å². The topological polar surface area (TPSA) is 287 Å². The van der Waals surface area contributed by atoms with Crippen LogP contribution in [-0.4, -0.2) is 124 Å². The Bertz CT molecular complexity index is 2860. The highest BCUT2D eigenvalue weighted by Crippen LogP contribution is 2.39. The third-order valence-corrected chi connectivity index (χ3v) is 11.7. The van der Waals surface area contributed by atoms with Crippen LogP contribution in [0.2, 0.25) is 0 Å². The molecule has 0 saturated carbocycles. The molecular weight excluding hydrogens is 853 g/mol. The van der Waals surface area contributed by atoms with E-state index in [9.17, 15) is 29.1 Å². The Labute approximate surface area is 378 Å². The van der Waals surface area contributed by atoms with Gasteiger partial charge in [0, 0.05) is 50.4 Å². The number of aryl methyl sites for hydroxylation is 5. The maximum atomic E-state index is 13.9. The monoisotopic (exact) mass is 906 g/mol. The number of nitrogens with one attached hydrogen (secondary N) is 3. The predicted molar refractivity (Wildman–Crippen MR) is 242 cm³/mol. The number of amides is 5. The molecule has 22 heteroatoms. The Morgan fingerprint density at radius 2 is 1.45 bits per heavy atom. The van der Waals surface area contributed by atoms with Gasteiger partial charge in [-0.2, -0.15) is 10.2 Å². The van der Waals surface area contributed by atoms with Gasteiger partial charge in [-0.05, 0) is 89.8 Å². The van der Waals surface area contributed by atoms with Gasteiger partial charge in [-0.3, -0.25) is 48.9 Å². The summed E-state index contributed by atoms with van der Waals surface area (Å²) in [6, 6.07) is 9.23. The number of carbonyl (C=O) groups excluding carboxylic acids is 5. The van der Waals surface area contributed by atoms with Crippen molar-refractivity contribution in [2.75, 3.05) is 50.0 Å². The zero-order chi connectivity index (χ0) is 46.8. The summed E-state index contributed by atoms with van der Waals surface area (Å²) >= 11 is 0. The number of β-amino-alcohol motifs (C(OH)–C–C–N with tert-alkyl or cyclic N) is 1. The molecule has 0 spiro atoms. The Kier molecular flexibility index (Phi) is 13.0. The summed E-state index contributed by atoms with van der Waals surface area (Å²) in [6.07, 6.45) is 1.58. The molecule has 2 atom stereocenters. The van der Waals surface area contributed by atoms with Gasteiger partial charge in [-0.25, -0.2) is 9.97 Å². The first-order chi connectivity index (χ1) is 31.7. The molecule has 0 radical (unpaired) electrons. The van der Waals surface area contributed by atoms with Crippen LogP contribution >= 0.6 is 0 Å². The molecule has 8 N–H and O–H groups in total. The van der Waals surface area contributed by atoms with E-state index in [1.165, 1.54) is 6.07 Å². The number of aromatic nitrogens is 8. The summed E-state index contributed by atoms with van der Waals surface area (Å²) in [7, 11) is 0. The Hall–Kier alpha value is -7.33. The fourth-order valence-electron chi connectivity index (χ4n) is 8.61. The summed E-state index contributed by atoms with van der Waals surface area (Å²) in [5.74, 6) is -1.25. The SMILES string of the molecule is CCn1nc(C)cc1C(=O)Nc1nc2cc(C(N)=O)cc(OCCCNC(=O)CN3CC[C@H](O)C3)c2n1CCC[C@H]1COc2cc(C(N)=O)cc3nc(NC(=O)c4cc(C)nn4CC)n1c23. The molecule has 6 heterocycles. The van der Waals surface area contributed by atoms with Gasteiger partial charge < -0.3 is 40.5 Å². The van der Waals surface area contributed by atoms with E-state index in [0.29, 0.717) is 115 Å². The maximum absolute atomic E-state index is 13.9. The number of primary amides is 2.